The van der Waals surface area contributed by atoms with Gasteiger partial charge < -0.3 is 9.30 Å². The van der Waals surface area contributed by atoms with E-state index >= 15 is 0 Å². The van der Waals surface area contributed by atoms with Crippen LogP contribution in [0.25, 0.3) is 11.9 Å². The van der Waals surface area contributed by atoms with Crippen molar-refractivity contribution in [1.82, 2.24) is 14.5 Å². The third kappa shape index (κ3) is 4.42. The van der Waals surface area contributed by atoms with E-state index in [0.717, 1.165) is 45.0 Å². The normalized spacial score (nSPS) is 15.7. The molecule has 0 saturated carbocycles. The van der Waals surface area contributed by atoms with Gasteiger partial charge in [-0.15, -0.1) is 0 Å². The van der Waals surface area contributed by atoms with Gasteiger partial charge in [0.15, 0.2) is 0 Å². The lowest BCUT2D eigenvalue weighted by molar-refractivity contribution is -0.149. The van der Waals surface area contributed by atoms with Crippen LogP contribution in [0.4, 0.5) is 4.79 Å². The standard InChI is InChI=1S/C21H23N3O4S/c1-12(2)28-19(25)11-23-20(26)17(29-21(23)27)10-16-9-14(4)24(15(16)5)18-8-13(3)6-7-22-18/h6-10,12H,11H2,1-5H3/b17-10+. The number of amides is 2. The molecule has 0 bridgehead atoms. The summed E-state index contributed by atoms with van der Waals surface area (Å²) in [5, 5.41) is -0.476. The molecule has 2 aromatic heterocycles. The van der Waals surface area contributed by atoms with Crippen LogP contribution < -0.4 is 0 Å². The van der Waals surface area contributed by atoms with Crippen LogP contribution in [0.1, 0.15) is 36.4 Å². The number of ether oxygens (including phenoxy) is 1. The van der Waals surface area contributed by atoms with E-state index in [1.165, 1.54) is 0 Å². The fourth-order valence-corrected chi connectivity index (χ4v) is 3.96. The molecule has 1 aliphatic rings. The zero-order valence-electron chi connectivity index (χ0n) is 17.1. The molecule has 8 heteroatoms. The Morgan fingerprint density at radius 3 is 2.62 bits per heavy atom. The Bertz CT molecular complexity index is 1020. The minimum atomic E-state index is -0.604. The summed E-state index contributed by atoms with van der Waals surface area (Å²) in [6.45, 7) is 8.94. The molecular weight excluding hydrogens is 390 g/mol. The highest BCUT2D eigenvalue weighted by Crippen LogP contribution is 2.33. The predicted octanol–water partition coefficient (Wildman–Crippen LogP) is 3.79. The highest BCUT2D eigenvalue weighted by Gasteiger charge is 2.37. The summed E-state index contributed by atoms with van der Waals surface area (Å²) in [6.07, 6.45) is 3.14. The highest BCUT2D eigenvalue weighted by molar-refractivity contribution is 8.18. The maximum atomic E-state index is 12.6. The number of nitrogens with zero attached hydrogens (tertiary/aromatic N) is 3. The first-order chi connectivity index (χ1) is 13.7. The Labute approximate surface area is 173 Å². The Kier molecular flexibility index (Phi) is 5.93. The summed E-state index contributed by atoms with van der Waals surface area (Å²) in [5.74, 6) is -0.296. The SMILES string of the molecule is Cc1ccnc(-n2c(C)cc(/C=C3/SC(=O)N(CC(=O)OC(C)C)C3=O)c2C)c1. The van der Waals surface area contributed by atoms with Crippen molar-refractivity contribution in [3.63, 3.8) is 0 Å². The Balaban J connectivity index is 1.88. The van der Waals surface area contributed by atoms with Crippen LogP contribution in [0.3, 0.4) is 0 Å². The molecule has 2 aromatic rings. The van der Waals surface area contributed by atoms with Gasteiger partial charge in [-0.25, -0.2) is 4.98 Å². The van der Waals surface area contributed by atoms with E-state index in [4.69, 9.17) is 4.74 Å². The maximum absolute atomic E-state index is 12.6. The summed E-state index contributed by atoms with van der Waals surface area (Å²) >= 11 is 0.825. The van der Waals surface area contributed by atoms with Gasteiger partial charge in [0.1, 0.15) is 12.4 Å². The van der Waals surface area contributed by atoms with Gasteiger partial charge in [0.25, 0.3) is 11.1 Å². The molecule has 0 unspecified atom stereocenters. The first kappa shape index (κ1) is 20.9. The summed E-state index contributed by atoms with van der Waals surface area (Å²) < 4.78 is 7.04. The number of rotatable bonds is 5. The van der Waals surface area contributed by atoms with Crippen LogP contribution in [-0.4, -0.2) is 44.2 Å². The Morgan fingerprint density at radius 2 is 1.97 bits per heavy atom. The molecule has 29 heavy (non-hydrogen) atoms. The summed E-state index contributed by atoms with van der Waals surface area (Å²) in [6, 6.07) is 5.86. The summed E-state index contributed by atoms with van der Waals surface area (Å²) in [5.41, 5.74) is 3.79. The van der Waals surface area contributed by atoms with Crippen molar-refractivity contribution in [2.75, 3.05) is 6.54 Å². The van der Waals surface area contributed by atoms with Crippen molar-refractivity contribution < 1.29 is 19.1 Å². The van der Waals surface area contributed by atoms with Crippen molar-refractivity contribution in [2.45, 2.75) is 40.7 Å². The maximum Gasteiger partial charge on any atom is 0.326 e. The molecule has 2 amide bonds. The van der Waals surface area contributed by atoms with E-state index in [-0.39, 0.29) is 17.6 Å². The minimum Gasteiger partial charge on any atom is -0.462 e. The lowest BCUT2D eigenvalue weighted by Crippen LogP contribution is -2.35. The second-order valence-corrected chi connectivity index (χ2v) is 8.15. The molecule has 152 valence electrons. The molecule has 1 saturated heterocycles. The zero-order valence-corrected chi connectivity index (χ0v) is 17.9. The number of imide groups is 1. The monoisotopic (exact) mass is 413 g/mol. The second kappa shape index (κ2) is 8.24. The van der Waals surface area contributed by atoms with Gasteiger partial charge in [-0.3, -0.25) is 19.3 Å². The lowest BCUT2D eigenvalue weighted by atomic mass is 10.2. The fraction of sp³-hybridized carbons (Fsp3) is 0.333. The number of pyridine rings is 1. The molecule has 0 N–H and O–H groups in total. The average molecular weight is 413 g/mol. The van der Waals surface area contributed by atoms with Gasteiger partial charge in [0.2, 0.25) is 0 Å². The number of carbonyl (C=O) groups excluding carboxylic acids is 3. The number of aromatic nitrogens is 2. The topological polar surface area (TPSA) is 81.5 Å². The average Bonchev–Trinajstić information content (AvgIpc) is 3.04. The largest absolute Gasteiger partial charge is 0.462 e. The number of hydrogen-bond donors (Lipinski definition) is 0. The third-order valence-corrected chi connectivity index (χ3v) is 5.32. The predicted molar refractivity (Wildman–Crippen MR) is 112 cm³/mol. The van der Waals surface area contributed by atoms with Crippen LogP contribution in [-0.2, 0) is 14.3 Å². The van der Waals surface area contributed by atoms with Crippen molar-refractivity contribution >= 4 is 35.0 Å². The van der Waals surface area contributed by atoms with Crippen molar-refractivity contribution in [2.24, 2.45) is 0 Å². The fourth-order valence-electron chi connectivity index (χ4n) is 3.14. The van der Waals surface area contributed by atoms with Crippen molar-refractivity contribution in [3.05, 3.63) is 51.8 Å². The molecule has 0 radical (unpaired) electrons. The van der Waals surface area contributed by atoms with Gasteiger partial charge in [0, 0.05) is 17.6 Å². The van der Waals surface area contributed by atoms with Gasteiger partial charge in [-0.05, 0) is 81.8 Å². The number of carbonyl (C=O) groups is 3. The minimum absolute atomic E-state index is 0.282. The first-order valence-corrected chi connectivity index (χ1v) is 10.1. The number of esters is 1. The molecule has 0 aromatic carbocycles. The van der Waals surface area contributed by atoms with Crippen molar-refractivity contribution in [1.29, 1.82) is 0 Å². The van der Waals surface area contributed by atoms with Gasteiger partial charge in [-0.2, -0.15) is 0 Å². The molecule has 1 fully saturated rings. The smallest absolute Gasteiger partial charge is 0.326 e. The Hall–Kier alpha value is -2.87. The molecule has 0 spiro atoms. The lowest BCUT2D eigenvalue weighted by Gasteiger charge is -2.13. The van der Waals surface area contributed by atoms with Gasteiger partial charge in [0.05, 0.1) is 11.0 Å². The van der Waals surface area contributed by atoms with Crippen LogP contribution >= 0.6 is 11.8 Å². The molecule has 3 rings (SSSR count). The highest BCUT2D eigenvalue weighted by atomic mass is 32.2. The van der Waals surface area contributed by atoms with Crippen LogP contribution in [0.15, 0.2) is 29.3 Å². The van der Waals surface area contributed by atoms with Crippen molar-refractivity contribution in [3.8, 4) is 5.82 Å². The van der Waals surface area contributed by atoms with E-state index in [1.54, 1.807) is 26.1 Å². The molecule has 0 aliphatic carbocycles. The van der Waals surface area contributed by atoms with Crippen LogP contribution in [0, 0.1) is 20.8 Å². The molecule has 0 atom stereocenters. The van der Waals surface area contributed by atoms with E-state index in [9.17, 15) is 14.4 Å². The number of thioether (sulfide) groups is 1. The molecule has 7 nitrogen and oxygen atoms in total. The number of hydrogen-bond acceptors (Lipinski definition) is 6. The number of aryl methyl sites for hydroxylation is 2. The van der Waals surface area contributed by atoms with E-state index < -0.39 is 17.1 Å². The van der Waals surface area contributed by atoms with Crippen LogP contribution in [0.2, 0.25) is 0 Å². The zero-order chi connectivity index (χ0) is 21.3. The van der Waals surface area contributed by atoms with Gasteiger partial charge in [-0.1, -0.05) is 0 Å². The second-order valence-electron chi connectivity index (χ2n) is 7.16. The third-order valence-electron chi connectivity index (χ3n) is 4.41. The van der Waals surface area contributed by atoms with Gasteiger partial charge >= 0.3 is 5.97 Å². The molecular formula is C21H23N3O4S. The van der Waals surface area contributed by atoms with E-state index in [1.807, 2.05) is 43.5 Å². The summed E-state index contributed by atoms with van der Waals surface area (Å²) in [7, 11) is 0. The first-order valence-electron chi connectivity index (χ1n) is 9.24. The van der Waals surface area contributed by atoms with Crippen LogP contribution in [0.5, 0.6) is 0 Å². The molecule has 3 heterocycles. The quantitative estimate of drug-likeness (QED) is 0.548. The van der Waals surface area contributed by atoms with E-state index in [2.05, 4.69) is 4.98 Å². The van der Waals surface area contributed by atoms with E-state index in [0.29, 0.717) is 0 Å². The molecule has 1 aliphatic heterocycles. The summed E-state index contributed by atoms with van der Waals surface area (Å²) in [4.78, 5) is 42.3. The Morgan fingerprint density at radius 1 is 1.24 bits per heavy atom.